The van der Waals surface area contributed by atoms with E-state index in [9.17, 15) is 8.42 Å². The van der Waals surface area contributed by atoms with E-state index in [0.717, 1.165) is 6.42 Å². The van der Waals surface area contributed by atoms with Crippen LogP contribution < -0.4 is 10.0 Å². The first-order chi connectivity index (χ1) is 9.01. The number of methoxy groups -OCH3 is 1. The standard InChI is InChI=1S/C13H22N2O3S/c1-4-14-19(16,17)13-8-6-5-7-12(13)15-11(2)9-10-18-3/h5-8,11,14-15H,4,9-10H2,1-3H3. The molecule has 0 aromatic heterocycles. The summed E-state index contributed by atoms with van der Waals surface area (Å²) in [5, 5.41) is 3.21. The Morgan fingerprint density at radius 2 is 2.00 bits per heavy atom. The number of benzene rings is 1. The van der Waals surface area contributed by atoms with Crippen molar-refractivity contribution in [3.8, 4) is 0 Å². The summed E-state index contributed by atoms with van der Waals surface area (Å²) in [6, 6.07) is 7.04. The van der Waals surface area contributed by atoms with Crippen LogP contribution in [0.25, 0.3) is 0 Å². The highest BCUT2D eigenvalue weighted by atomic mass is 32.2. The first kappa shape index (κ1) is 15.9. The summed E-state index contributed by atoms with van der Waals surface area (Å²) in [5.41, 5.74) is 0.618. The van der Waals surface area contributed by atoms with Crippen LogP contribution in [0.2, 0.25) is 0 Å². The van der Waals surface area contributed by atoms with Gasteiger partial charge in [-0.05, 0) is 25.5 Å². The maximum absolute atomic E-state index is 12.1. The largest absolute Gasteiger partial charge is 0.385 e. The summed E-state index contributed by atoms with van der Waals surface area (Å²) in [4.78, 5) is 0.279. The van der Waals surface area contributed by atoms with Crippen molar-refractivity contribution in [3.63, 3.8) is 0 Å². The minimum Gasteiger partial charge on any atom is -0.385 e. The van der Waals surface area contributed by atoms with Crippen LogP contribution in [0.1, 0.15) is 20.3 Å². The molecule has 0 aliphatic carbocycles. The molecule has 0 radical (unpaired) electrons. The van der Waals surface area contributed by atoms with Gasteiger partial charge in [-0.15, -0.1) is 0 Å². The monoisotopic (exact) mass is 286 g/mol. The molecule has 1 atom stereocenters. The fraction of sp³-hybridized carbons (Fsp3) is 0.538. The van der Waals surface area contributed by atoms with Crippen molar-refractivity contribution >= 4 is 15.7 Å². The van der Waals surface area contributed by atoms with E-state index >= 15 is 0 Å². The zero-order chi connectivity index (χ0) is 14.3. The number of anilines is 1. The van der Waals surface area contributed by atoms with Crippen molar-refractivity contribution in [1.82, 2.24) is 4.72 Å². The van der Waals surface area contributed by atoms with Gasteiger partial charge in [0.1, 0.15) is 4.90 Å². The molecule has 1 unspecified atom stereocenters. The van der Waals surface area contributed by atoms with Crippen LogP contribution in [0, 0.1) is 0 Å². The first-order valence-corrected chi connectivity index (χ1v) is 7.83. The lowest BCUT2D eigenvalue weighted by atomic mass is 10.2. The number of nitrogens with one attached hydrogen (secondary N) is 2. The number of sulfonamides is 1. The van der Waals surface area contributed by atoms with E-state index in [2.05, 4.69) is 10.0 Å². The maximum Gasteiger partial charge on any atom is 0.242 e. The van der Waals surface area contributed by atoms with Gasteiger partial charge in [0.15, 0.2) is 0 Å². The van der Waals surface area contributed by atoms with E-state index in [1.165, 1.54) is 0 Å². The van der Waals surface area contributed by atoms with Gasteiger partial charge in [-0.25, -0.2) is 13.1 Å². The van der Waals surface area contributed by atoms with E-state index in [-0.39, 0.29) is 10.9 Å². The van der Waals surface area contributed by atoms with Crippen molar-refractivity contribution in [3.05, 3.63) is 24.3 Å². The van der Waals surface area contributed by atoms with Crippen molar-refractivity contribution in [2.24, 2.45) is 0 Å². The van der Waals surface area contributed by atoms with Gasteiger partial charge in [-0.2, -0.15) is 0 Å². The Bertz CT molecular complexity index is 488. The second-order valence-corrected chi connectivity index (χ2v) is 6.06. The average Bonchev–Trinajstić information content (AvgIpc) is 2.36. The highest BCUT2D eigenvalue weighted by Crippen LogP contribution is 2.21. The number of rotatable bonds is 8. The SMILES string of the molecule is CCNS(=O)(=O)c1ccccc1NC(C)CCOC. The van der Waals surface area contributed by atoms with Crippen LogP contribution in [0.15, 0.2) is 29.2 Å². The summed E-state index contributed by atoms with van der Waals surface area (Å²) in [6.45, 7) is 4.76. The highest BCUT2D eigenvalue weighted by molar-refractivity contribution is 7.89. The van der Waals surface area contributed by atoms with Gasteiger partial charge in [0.2, 0.25) is 10.0 Å². The van der Waals surface area contributed by atoms with Crippen LogP contribution in [0.5, 0.6) is 0 Å². The number of ether oxygens (including phenoxy) is 1. The van der Waals surface area contributed by atoms with E-state index in [4.69, 9.17) is 4.74 Å². The molecule has 2 N–H and O–H groups in total. The molecule has 6 heteroatoms. The normalized spacial score (nSPS) is 13.2. The lowest BCUT2D eigenvalue weighted by molar-refractivity contribution is 0.191. The Morgan fingerprint density at radius 3 is 2.63 bits per heavy atom. The lowest BCUT2D eigenvalue weighted by Crippen LogP contribution is -2.25. The minimum atomic E-state index is -3.45. The predicted molar refractivity (Wildman–Crippen MR) is 76.9 cm³/mol. The maximum atomic E-state index is 12.1. The van der Waals surface area contributed by atoms with Crippen LogP contribution in [0.3, 0.4) is 0 Å². The Hall–Kier alpha value is -1.11. The second kappa shape index (κ2) is 7.47. The van der Waals surface area contributed by atoms with Gasteiger partial charge < -0.3 is 10.1 Å². The molecule has 0 fully saturated rings. The Morgan fingerprint density at radius 1 is 1.32 bits per heavy atom. The fourth-order valence-electron chi connectivity index (χ4n) is 1.72. The highest BCUT2D eigenvalue weighted by Gasteiger charge is 2.17. The Labute approximate surface area is 115 Å². The van der Waals surface area contributed by atoms with E-state index in [1.807, 2.05) is 13.0 Å². The Balaban J connectivity index is 2.90. The number of para-hydroxylation sites is 1. The van der Waals surface area contributed by atoms with Crippen molar-refractivity contribution in [1.29, 1.82) is 0 Å². The molecule has 0 bridgehead atoms. The van der Waals surface area contributed by atoms with Gasteiger partial charge in [-0.3, -0.25) is 0 Å². The molecule has 0 spiro atoms. The van der Waals surface area contributed by atoms with Crippen LogP contribution in [0.4, 0.5) is 5.69 Å². The van der Waals surface area contributed by atoms with Gasteiger partial charge >= 0.3 is 0 Å². The summed E-state index contributed by atoms with van der Waals surface area (Å²) in [5.74, 6) is 0. The molecule has 0 saturated heterocycles. The van der Waals surface area contributed by atoms with E-state index in [1.54, 1.807) is 32.2 Å². The molecule has 1 aromatic carbocycles. The molecule has 5 nitrogen and oxygen atoms in total. The van der Waals surface area contributed by atoms with Gasteiger partial charge in [0, 0.05) is 26.3 Å². The molecule has 1 aromatic rings. The zero-order valence-electron chi connectivity index (χ0n) is 11.6. The summed E-state index contributed by atoms with van der Waals surface area (Å²) in [7, 11) is -1.80. The predicted octanol–water partition coefficient (Wildman–Crippen LogP) is 1.82. The lowest BCUT2D eigenvalue weighted by Gasteiger charge is -2.17. The molecule has 1 rings (SSSR count). The quantitative estimate of drug-likeness (QED) is 0.765. The van der Waals surface area contributed by atoms with Crippen molar-refractivity contribution < 1.29 is 13.2 Å². The summed E-state index contributed by atoms with van der Waals surface area (Å²) < 4.78 is 31.7. The molecule has 19 heavy (non-hydrogen) atoms. The smallest absolute Gasteiger partial charge is 0.242 e. The topological polar surface area (TPSA) is 67.4 Å². The second-order valence-electron chi connectivity index (χ2n) is 4.32. The summed E-state index contributed by atoms with van der Waals surface area (Å²) >= 11 is 0. The fourth-order valence-corrected chi connectivity index (χ4v) is 2.93. The molecular formula is C13H22N2O3S. The number of hydrogen-bond acceptors (Lipinski definition) is 4. The molecule has 0 aliphatic rings. The first-order valence-electron chi connectivity index (χ1n) is 6.35. The molecule has 108 valence electrons. The van der Waals surface area contributed by atoms with Crippen LogP contribution in [-0.2, 0) is 14.8 Å². The van der Waals surface area contributed by atoms with Crippen molar-refractivity contribution in [2.75, 3.05) is 25.6 Å². The third kappa shape index (κ3) is 4.81. The molecule has 0 aliphatic heterocycles. The van der Waals surface area contributed by atoms with Crippen molar-refractivity contribution in [2.45, 2.75) is 31.2 Å². The summed E-state index contributed by atoms with van der Waals surface area (Å²) in [6.07, 6.45) is 0.812. The third-order valence-corrected chi connectivity index (χ3v) is 4.27. The van der Waals surface area contributed by atoms with Crippen LogP contribution >= 0.6 is 0 Å². The average molecular weight is 286 g/mol. The molecule has 0 saturated carbocycles. The minimum absolute atomic E-state index is 0.137. The van der Waals surface area contributed by atoms with Gasteiger partial charge in [0.05, 0.1) is 5.69 Å². The molecular weight excluding hydrogens is 264 g/mol. The van der Waals surface area contributed by atoms with Gasteiger partial charge in [-0.1, -0.05) is 19.1 Å². The van der Waals surface area contributed by atoms with E-state index < -0.39 is 10.0 Å². The van der Waals surface area contributed by atoms with Gasteiger partial charge in [0.25, 0.3) is 0 Å². The Kier molecular flexibility index (Phi) is 6.27. The zero-order valence-corrected chi connectivity index (χ0v) is 12.5. The molecule has 0 amide bonds. The number of hydrogen-bond donors (Lipinski definition) is 2. The molecule has 0 heterocycles. The van der Waals surface area contributed by atoms with Crippen LogP contribution in [-0.4, -0.2) is 34.7 Å². The van der Waals surface area contributed by atoms with E-state index in [0.29, 0.717) is 18.8 Å². The third-order valence-electron chi connectivity index (χ3n) is 2.67.